The highest BCUT2D eigenvalue weighted by Gasteiger charge is 2.14. The number of ether oxygens (including phenoxy) is 1. The molecule has 5 heteroatoms. The van der Waals surface area contributed by atoms with E-state index in [1.165, 1.54) is 19.2 Å². The van der Waals surface area contributed by atoms with E-state index >= 15 is 0 Å². The van der Waals surface area contributed by atoms with Crippen LogP contribution in [0.1, 0.15) is 25.5 Å². The van der Waals surface area contributed by atoms with Gasteiger partial charge in [0.2, 0.25) is 0 Å². The third-order valence-electron chi connectivity index (χ3n) is 2.77. The number of carbonyl (C=O) groups excluding carboxylic acids is 1. The first-order valence-corrected chi connectivity index (χ1v) is 6.01. The lowest BCUT2D eigenvalue weighted by Gasteiger charge is -2.16. The second-order valence-electron chi connectivity index (χ2n) is 4.04. The van der Waals surface area contributed by atoms with E-state index in [2.05, 4.69) is 14.9 Å². The standard InChI is InChI=1S/C12H17N3O2/c1-2-17-12(16)8-10-7-11(14-9-13-10)15-5-3-4-6-15/h7,9H,2-6,8H2,1H3. The lowest BCUT2D eigenvalue weighted by molar-refractivity contribution is -0.142. The van der Waals surface area contributed by atoms with Crippen LogP contribution in [0.3, 0.4) is 0 Å². The average molecular weight is 235 g/mol. The van der Waals surface area contributed by atoms with Crippen molar-refractivity contribution in [3.63, 3.8) is 0 Å². The predicted molar refractivity (Wildman–Crippen MR) is 63.8 cm³/mol. The number of aromatic nitrogens is 2. The summed E-state index contributed by atoms with van der Waals surface area (Å²) in [6.45, 7) is 4.28. The van der Waals surface area contributed by atoms with Crippen LogP contribution in [0.4, 0.5) is 5.82 Å². The number of esters is 1. The third kappa shape index (κ3) is 3.15. The van der Waals surface area contributed by atoms with E-state index in [0.29, 0.717) is 6.61 Å². The molecule has 0 aliphatic carbocycles. The Morgan fingerprint density at radius 2 is 2.18 bits per heavy atom. The molecule has 0 N–H and O–H groups in total. The van der Waals surface area contributed by atoms with Crippen LogP contribution in [0.25, 0.3) is 0 Å². The fourth-order valence-corrected chi connectivity index (χ4v) is 1.96. The lowest BCUT2D eigenvalue weighted by atomic mass is 10.3. The molecule has 0 radical (unpaired) electrons. The molecule has 0 atom stereocenters. The van der Waals surface area contributed by atoms with Gasteiger partial charge in [-0.3, -0.25) is 4.79 Å². The van der Waals surface area contributed by atoms with Gasteiger partial charge < -0.3 is 9.64 Å². The summed E-state index contributed by atoms with van der Waals surface area (Å²) >= 11 is 0. The fraction of sp³-hybridized carbons (Fsp3) is 0.583. The van der Waals surface area contributed by atoms with Crippen molar-refractivity contribution in [2.75, 3.05) is 24.6 Å². The van der Waals surface area contributed by atoms with Crippen LogP contribution in [0.2, 0.25) is 0 Å². The van der Waals surface area contributed by atoms with Crippen molar-refractivity contribution in [1.29, 1.82) is 0 Å². The van der Waals surface area contributed by atoms with Crippen LogP contribution in [-0.4, -0.2) is 35.6 Å². The van der Waals surface area contributed by atoms with E-state index in [-0.39, 0.29) is 12.4 Å². The second kappa shape index (κ2) is 5.61. The van der Waals surface area contributed by atoms with Gasteiger partial charge in [0.15, 0.2) is 0 Å². The molecule has 1 aromatic rings. The summed E-state index contributed by atoms with van der Waals surface area (Å²) in [6.07, 6.45) is 4.15. The Kier molecular flexibility index (Phi) is 3.90. The predicted octanol–water partition coefficient (Wildman–Crippen LogP) is 1.18. The summed E-state index contributed by atoms with van der Waals surface area (Å²) in [5, 5.41) is 0. The summed E-state index contributed by atoms with van der Waals surface area (Å²) in [6, 6.07) is 1.88. The summed E-state index contributed by atoms with van der Waals surface area (Å²) < 4.78 is 4.90. The van der Waals surface area contributed by atoms with E-state index in [4.69, 9.17) is 4.74 Å². The van der Waals surface area contributed by atoms with Crippen LogP contribution in [-0.2, 0) is 16.0 Å². The zero-order chi connectivity index (χ0) is 12.1. The number of rotatable bonds is 4. The number of nitrogens with zero attached hydrogens (tertiary/aromatic N) is 3. The maximum Gasteiger partial charge on any atom is 0.311 e. The lowest BCUT2D eigenvalue weighted by Crippen LogP contribution is -2.19. The summed E-state index contributed by atoms with van der Waals surface area (Å²) in [4.78, 5) is 21.9. The molecule has 1 aliphatic heterocycles. The molecular formula is C12H17N3O2. The molecule has 2 heterocycles. The van der Waals surface area contributed by atoms with Crippen LogP contribution < -0.4 is 4.90 Å². The Balaban J connectivity index is 2.03. The minimum absolute atomic E-state index is 0.219. The molecule has 17 heavy (non-hydrogen) atoms. The Morgan fingerprint density at radius 1 is 1.41 bits per heavy atom. The van der Waals surface area contributed by atoms with Crippen molar-refractivity contribution in [3.05, 3.63) is 18.1 Å². The molecule has 5 nitrogen and oxygen atoms in total. The molecule has 2 rings (SSSR count). The third-order valence-corrected chi connectivity index (χ3v) is 2.77. The number of hydrogen-bond donors (Lipinski definition) is 0. The largest absolute Gasteiger partial charge is 0.466 e. The zero-order valence-corrected chi connectivity index (χ0v) is 10.1. The van der Waals surface area contributed by atoms with Gasteiger partial charge in [-0.1, -0.05) is 0 Å². The molecule has 0 amide bonds. The maximum atomic E-state index is 11.3. The van der Waals surface area contributed by atoms with Crippen LogP contribution in [0.15, 0.2) is 12.4 Å². The van der Waals surface area contributed by atoms with Crippen molar-refractivity contribution in [3.8, 4) is 0 Å². The highest BCUT2D eigenvalue weighted by Crippen LogP contribution is 2.17. The molecule has 92 valence electrons. The Bertz CT molecular complexity index is 389. The highest BCUT2D eigenvalue weighted by molar-refractivity contribution is 5.72. The summed E-state index contributed by atoms with van der Waals surface area (Å²) in [5.74, 6) is 0.676. The molecule has 1 saturated heterocycles. The Morgan fingerprint density at radius 3 is 2.88 bits per heavy atom. The fourth-order valence-electron chi connectivity index (χ4n) is 1.96. The van der Waals surface area contributed by atoms with Crippen molar-refractivity contribution in [1.82, 2.24) is 9.97 Å². The van der Waals surface area contributed by atoms with Crippen molar-refractivity contribution in [2.45, 2.75) is 26.2 Å². The van der Waals surface area contributed by atoms with E-state index in [1.54, 1.807) is 6.92 Å². The molecule has 0 saturated carbocycles. The first kappa shape index (κ1) is 11.8. The van der Waals surface area contributed by atoms with Crippen LogP contribution in [0, 0.1) is 0 Å². The molecule has 1 aliphatic rings. The van der Waals surface area contributed by atoms with Gasteiger partial charge in [0.05, 0.1) is 18.7 Å². The molecule has 0 aromatic carbocycles. The summed E-state index contributed by atoms with van der Waals surface area (Å²) in [5.41, 5.74) is 0.723. The van der Waals surface area contributed by atoms with E-state index < -0.39 is 0 Å². The Labute approximate surface area is 101 Å². The minimum Gasteiger partial charge on any atom is -0.466 e. The second-order valence-corrected chi connectivity index (χ2v) is 4.04. The first-order valence-electron chi connectivity index (χ1n) is 6.01. The van der Waals surface area contributed by atoms with Gasteiger partial charge in [-0.15, -0.1) is 0 Å². The smallest absolute Gasteiger partial charge is 0.311 e. The van der Waals surface area contributed by atoms with Gasteiger partial charge in [0.25, 0.3) is 0 Å². The topological polar surface area (TPSA) is 55.3 Å². The molecule has 0 unspecified atom stereocenters. The van der Waals surface area contributed by atoms with Gasteiger partial charge in [-0.05, 0) is 19.8 Å². The quantitative estimate of drug-likeness (QED) is 0.733. The molecule has 0 bridgehead atoms. The first-order chi connectivity index (χ1) is 8.29. The molecular weight excluding hydrogens is 218 g/mol. The monoisotopic (exact) mass is 235 g/mol. The van der Waals surface area contributed by atoms with Crippen LogP contribution >= 0.6 is 0 Å². The van der Waals surface area contributed by atoms with E-state index in [1.807, 2.05) is 6.07 Å². The number of anilines is 1. The average Bonchev–Trinajstić information content (AvgIpc) is 2.83. The minimum atomic E-state index is -0.237. The van der Waals surface area contributed by atoms with Crippen molar-refractivity contribution < 1.29 is 9.53 Å². The van der Waals surface area contributed by atoms with Gasteiger partial charge >= 0.3 is 5.97 Å². The van der Waals surface area contributed by atoms with Gasteiger partial charge in [-0.2, -0.15) is 0 Å². The zero-order valence-electron chi connectivity index (χ0n) is 10.1. The van der Waals surface area contributed by atoms with E-state index in [0.717, 1.165) is 24.6 Å². The van der Waals surface area contributed by atoms with Crippen molar-refractivity contribution in [2.24, 2.45) is 0 Å². The number of carbonyl (C=O) groups is 1. The SMILES string of the molecule is CCOC(=O)Cc1cc(N2CCCC2)ncn1. The van der Waals surface area contributed by atoms with Gasteiger partial charge in [0.1, 0.15) is 12.1 Å². The molecule has 1 aromatic heterocycles. The van der Waals surface area contributed by atoms with Crippen LogP contribution in [0.5, 0.6) is 0 Å². The normalized spacial score (nSPS) is 15.0. The highest BCUT2D eigenvalue weighted by atomic mass is 16.5. The summed E-state index contributed by atoms with van der Waals surface area (Å²) in [7, 11) is 0. The van der Waals surface area contributed by atoms with Gasteiger partial charge in [-0.25, -0.2) is 9.97 Å². The molecule has 0 spiro atoms. The Hall–Kier alpha value is -1.65. The van der Waals surface area contributed by atoms with Crippen molar-refractivity contribution >= 4 is 11.8 Å². The maximum absolute atomic E-state index is 11.3. The van der Waals surface area contributed by atoms with E-state index in [9.17, 15) is 4.79 Å². The van der Waals surface area contributed by atoms with Gasteiger partial charge in [0, 0.05) is 19.2 Å². The number of hydrogen-bond acceptors (Lipinski definition) is 5. The molecule has 1 fully saturated rings.